The van der Waals surface area contributed by atoms with Crippen LogP contribution in [-0.4, -0.2) is 0 Å². The lowest BCUT2D eigenvalue weighted by Crippen LogP contribution is -2.27. The lowest BCUT2D eigenvalue weighted by atomic mass is 9.70. The van der Waals surface area contributed by atoms with Crippen molar-refractivity contribution in [3.8, 4) is 0 Å². The van der Waals surface area contributed by atoms with Gasteiger partial charge >= 0.3 is 0 Å². The van der Waals surface area contributed by atoms with E-state index >= 15 is 0 Å². The summed E-state index contributed by atoms with van der Waals surface area (Å²) in [6, 6.07) is 0. The molecular formula is C14H26. The molecule has 0 aromatic rings. The Balaban J connectivity index is 1.96. The quantitative estimate of drug-likeness (QED) is 0.614. The van der Waals surface area contributed by atoms with E-state index in [4.69, 9.17) is 0 Å². The van der Waals surface area contributed by atoms with Crippen LogP contribution in [0.15, 0.2) is 0 Å². The zero-order valence-corrected chi connectivity index (χ0v) is 10.2. The van der Waals surface area contributed by atoms with Crippen LogP contribution in [0.3, 0.4) is 0 Å². The summed E-state index contributed by atoms with van der Waals surface area (Å²) in [5.74, 6) is 3.19. The molecule has 0 amide bonds. The van der Waals surface area contributed by atoms with Gasteiger partial charge in [-0.2, -0.15) is 0 Å². The van der Waals surface area contributed by atoms with E-state index in [-0.39, 0.29) is 0 Å². The van der Waals surface area contributed by atoms with Crippen molar-refractivity contribution in [3.05, 3.63) is 0 Å². The minimum Gasteiger partial charge on any atom is -0.0599 e. The highest BCUT2D eigenvalue weighted by molar-refractivity contribution is 4.88. The third-order valence-corrected chi connectivity index (χ3v) is 4.37. The molecule has 0 saturated heterocycles. The molecule has 1 atom stereocenters. The first-order valence-electron chi connectivity index (χ1n) is 6.57. The summed E-state index contributed by atoms with van der Waals surface area (Å²) in [5.41, 5.74) is 0.553. The van der Waals surface area contributed by atoms with E-state index in [9.17, 15) is 0 Å². The van der Waals surface area contributed by atoms with Crippen LogP contribution in [0.2, 0.25) is 0 Å². The fraction of sp³-hybridized carbons (Fsp3) is 1.00. The molecule has 0 spiro atoms. The second-order valence-electron chi connectivity index (χ2n) is 6.70. The average Bonchev–Trinajstić information content (AvgIpc) is 2.74. The van der Waals surface area contributed by atoms with E-state index in [2.05, 4.69) is 20.8 Å². The third kappa shape index (κ3) is 2.52. The Morgan fingerprint density at radius 2 is 1.57 bits per heavy atom. The van der Waals surface area contributed by atoms with Crippen LogP contribution < -0.4 is 0 Å². The second-order valence-corrected chi connectivity index (χ2v) is 6.70. The largest absolute Gasteiger partial charge is 0.0599 e. The maximum absolute atomic E-state index is 2.46. The summed E-state index contributed by atoms with van der Waals surface area (Å²) in [5, 5.41) is 0. The Kier molecular flexibility index (Phi) is 2.91. The highest BCUT2D eigenvalue weighted by Gasteiger charge is 2.37. The average molecular weight is 194 g/mol. The molecule has 2 aliphatic rings. The van der Waals surface area contributed by atoms with Gasteiger partial charge in [0, 0.05) is 0 Å². The summed E-state index contributed by atoms with van der Waals surface area (Å²) >= 11 is 0. The number of rotatable bonds is 3. The van der Waals surface area contributed by atoms with Gasteiger partial charge in [-0.3, -0.25) is 0 Å². The van der Waals surface area contributed by atoms with E-state index in [0.717, 1.165) is 17.8 Å². The first-order valence-corrected chi connectivity index (χ1v) is 6.57. The van der Waals surface area contributed by atoms with Crippen LogP contribution in [0.4, 0.5) is 0 Å². The first kappa shape index (κ1) is 10.5. The van der Waals surface area contributed by atoms with Crippen LogP contribution in [0.1, 0.15) is 65.7 Å². The SMILES string of the molecule is CC(C)(C)C(CC1CC1)C1CCCC1. The molecule has 2 rings (SSSR count). The fourth-order valence-corrected chi connectivity index (χ4v) is 3.33. The molecule has 2 fully saturated rings. The Bertz CT molecular complexity index is 177. The zero-order valence-electron chi connectivity index (χ0n) is 10.2. The molecule has 0 aromatic carbocycles. The van der Waals surface area contributed by atoms with Crippen molar-refractivity contribution in [1.82, 2.24) is 0 Å². The maximum atomic E-state index is 2.46. The van der Waals surface area contributed by atoms with Crippen molar-refractivity contribution in [2.75, 3.05) is 0 Å². The minimum absolute atomic E-state index is 0.553. The Labute approximate surface area is 89.5 Å². The van der Waals surface area contributed by atoms with Gasteiger partial charge < -0.3 is 0 Å². The molecule has 0 bridgehead atoms. The van der Waals surface area contributed by atoms with Gasteiger partial charge in [0.25, 0.3) is 0 Å². The lowest BCUT2D eigenvalue weighted by molar-refractivity contribution is 0.141. The van der Waals surface area contributed by atoms with Gasteiger partial charge in [-0.05, 0) is 29.6 Å². The normalized spacial score (nSPS) is 26.8. The van der Waals surface area contributed by atoms with E-state index in [0.29, 0.717) is 5.41 Å². The number of hydrogen-bond donors (Lipinski definition) is 0. The highest BCUT2D eigenvalue weighted by atomic mass is 14.4. The monoisotopic (exact) mass is 194 g/mol. The van der Waals surface area contributed by atoms with Gasteiger partial charge in [-0.15, -0.1) is 0 Å². The fourth-order valence-electron chi connectivity index (χ4n) is 3.33. The predicted molar refractivity (Wildman–Crippen MR) is 62.2 cm³/mol. The van der Waals surface area contributed by atoms with Crippen molar-refractivity contribution >= 4 is 0 Å². The van der Waals surface area contributed by atoms with Crippen molar-refractivity contribution in [2.45, 2.75) is 65.7 Å². The molecule has 0 aromatic heterocycles. The summed E-state index contributed by atoms with van der Waals surface area (Å²) in [4.78, 5) is 0. The summed E-state index contributed by atoms with van der Waals surface area (Å²) in [6.07, 6.45) is 10.6. The molecule has 0 nitrogen and oxygen atoms in total. The molecular weight excluding hydrogens is 168 g/mol. The van der Waals surface area contributed by atoms with Crippen LogP contribution in [0, 0.1) is 23.2 Å². The first-order chi connectivity index (χ1) is 6.57. The van der Waals surface area contributed by atoms with Crippen LogP contribution in [0.25, 0.3) is 0 Å². The predicted octanol–water partition coefficient (Wildman–Crippen LogP) is 4.64. The van der Waals surface area contributed by atoms with Crippen molar-refractivity contribution in [3.63, 3.8) is 0 Å². The molecule has 2 saturated carbocycles. The molecule has 2 aliphatic carbocycles. The molecule has 0 radical (unpaired) electrons. The standard InChI is InChI=1S/C14H26/c1-14(2,3)13(10-11-8-9-11)12-6-4-5-7-12/h11-13H,4-10H2,1-3H3. The summed E-state index contributed by atoms with van der Waals surface area (Å²) < 4.78 is 0. The Hall–Kier alpha value is 0. The summed E-state index contributed by atoms with van der Waals surface area (Å²) in [6.45, 7) is 7.37. The smallest absolute Gasteiger partial charge is 0.0334 e. The minimum atomic E-state index is 0.553. The van der Waals surface area contributed by atoms with Crippen molar-refractivity contribution < 1.29 is 0 Å². The van der Waals surface area contributed by atoms with Crippen molar-refractivity contribution in [1.29, 1.82) is 0 Å². The molecule has 0 heteroatoms. The van der Waals surface area contributed by atoms with E-state index in [1.165, 1.54) is 44.9 Å². The van der Waals surface area contributed by atoms with Gasteiger partial charge in [0.05, 0.1) is 0 Å². The van der Waals surface area contributed by atoms with Gasteiger partial charge in [0.15, 0.2) is 0 Å². The van der Waals surface area contributed by atoms with Crippen LogP contribution in [0.5, 0.6) is 0 Å². The Morgan fingerprint density at radius 3 is 2.00 bits per heavy atom. The molecule has 14 heavy (non-hydrogen) atoms. The third-order valence-electron chi connectivity index (χ3n) is 4.37. The molecule has 0 aliphatic heterocycles. The molecule has 0 N–H and O–H groups in total. The highest BCUT2D eigenvalue weighted by Crippen LogP contribution is 2.48. The van der Waals surface area contributed by atoms with Gasteiger partial charge in [-0.1, -0.05) is 59.3 Å². The van der Waals surface area contributed by atoms with Gasteiger partial charge in [-0.25, -0.2) is 0 Å². The molecule has 0 heterocycles. The Morgan fingerprint density at radius 1 is 1.00 bits per heavy atom. The number of hydrogen-bond acceptors (Lipinski definition) is 0. The summed E-state index contributed by atoms with van der Waals surface area (Å²) in [7, 11) is 0. The van der Waals surface area contributed by atoms with Crippen molar-refractivity contribution in [2.24, 2.45) is 23.2 Å². The van der Waals surface area contributed by atoms with E-state index in [1.807, 2.05) is 0 Å². The van der Waals surface area contributed by atoms with Crippen LogP contribution in [-0.2, 0) is 0 Å². The molecule has 1 unspecified atom stereocenters. The lowest BCUT2D eigenvalue weighted by Gasteiger charge is -2.35. The van der Waals surface area contributed by atoms with Crippen LogP contribution >= 0.6 is 0 Å². The van der Waals surface area contributed by atoms with Gasteiger partial charge in [0.2, 0.25) is 0 Å². The molecule has 82 valence electrons. The second kappa shape index (κ2) is 3.87. The topological polar surface area (TPSA) is 0 Å². The van der Waals surface area contributed by atoms with E-state index in [1.54, 1.807) is 0 Å². The van der Waals surface area contributed by atoms with Gasteiger partial charge in [0.1, 0.15) is 0 Å². The van der Waals surface area contributed by atoms with E-state index < -0.39 is 0 Å². The zero-order chi connectivity index (χ0) is 10.2. The maximum Gasteiger partial charge on any atom is -0.0334 e.